The van der Waals surface area contributed by atoms with Crippen LogP contribution in [0.5, 0.6) is 0 Å². The molecule has 3 aromatic carbocycles. The summed E-state index contributed by atoms with van der Waals surface area (Å²) in [6.07, 6.45) is 2.63. The largest absolute Gasteiger partial charge is 0.354 e. The monoisotopic (exact) mass is 618 g/mol. The maximum atomic E-state index is 14.0. The number of carbonyl (C=O) groups is 3. The zero-order valence-corrected chi connectivity index (χ0v) is 23.7. The Morgan fingerprint density at radius 1 is 0.860 bits per heavy atom. The molecule has 3 aromatic rings. The van der Waals surface area contributed by atoms with Crippen molar-refractivity contribution in [3.8, 4) is 0 Å². The molecule has 0 bridgehead atoms. The van der Waals surface area contributed by atoms with Crippen LogP contribution in [-0.4, -0.2) is 50.0 Å². The zero-order chi connectivity index (χ0) is 31.1. The van der Waals surface area contributed by atoms with Crippen molar-refractivity contribution in [2.45, 2.75) is 9.79 Å². The lowest BCUT2D eigenvalue weighted by molar-refractivity contribution is -0.117. The molecule has 1 amide bonds. The third-order valence-electron chi connectivity index (χ3n) is 6.79. The van der Waals surface area contributed by atoms with Gasteiger partial charge in [-0.2, -0.15) is 16.8 Å². The number of allylic oxidation sites excluding steroid dienone is 3. The van der Waals surface area contributed by atoms with Gasteiger partial charge in [-0.05, 0) is 35.4 Å². The number of benzene rings is 3. The summed E-state index contributed by atoms with van der Waals surface area (Å²) in [5, 5.41) is 5.40. The predicted molar refractivity (Wildman–Crippen MR) is 156 cm³/mol. The molecule has 0 radical (unpaired) electrons. The van der Waals surface area contributed by atoms with Gasteiger partial charge in [-0.3, -0.25) is 23.5 Å². The Bertz CT molecular complexity index is 2060. The molecular weight excluding hydrogens is 596 g/mol. The van der Waals surface area contributed by atoms with Gasteiger partial charge in [-0.25, -0.2) is 0 Å². The summed E-state index contributed by atoms with van der Waals surface area (Å²) in [6, 6.07) is 17.0. The number of anilines is 1. The summed E-state index contributed by atoms with van der Waals surface area (Å²) in [4.78, 5) is 39.2. The number of rotatable bonds is 8. The van der Waals surface area contributed by atoms with E-state index in [0.29, 0.717) is 11.6 Å². The minimum absolute atomic E-state index is 0.0332. The normalized spacial score (nSPS) is 15.4. The fraction of sp³-hybridized carbons (Fsp3) is 0.0333. The van der Waals surface area contributed by atoms with Crippen molar-refractivity contribution in [1.29, 1.82) is 0 Å². The van der Waals surface area contributed by atoms with Crippen LogP contribution >= 0.6 is 0 Å². The highest BCUT2D eigenvalue weighted by molar-refractivity contribution is 7.86. The summed E-state index contributed by atoms with van der Waals surface area (Å²) in [5.74, 6) is -1.75. The Morgan fingerprint density at radius 3 is 2.14 bits per heavy atom. The first-order valence-corrected chi connectivity index (χ1v) is 15.4. The van der Waals surface area contributed by atoms with Gasteiger partial charge in [0.2, 0.25) is 0 Å². The van der Waals surface area contributed by atoms with Crippen molar-refractivity contribution in [3.05, 3.63) is 131 Å². The van der Waals surface area contributed by atoms with Gasteiger partial charge in [0, 0.05) is 23.2 Å². The predicted octanol–water partition coefficient (Wildman–Crippen LogP) is 3.62. The highest BCUT2D eigenvalue weighted by Gasteiger charge is 2.39. The van der Waals surface area contributed by atoms with Gasteiger partial charge in [0.1, 0.15) is 4.90 Å². The average molecular weight is 619 g/mol. The first-order valence-electron chi connectivity index (χ1n) is 12.5. The lowest BCUT2D eigenvalue weighted by Gasteiger charge is -2.31. The first kappa shape index (κ1) is 29.5. The fourth-order valence-electron chi connectivity index (χ4n) is 4.96. The highest BCUT2D eigenvalue weighted by atomic mass is 32.2. The Kier molecular flexibility index (Phi) is 7.58. The molecular formula is C30H22N2O9S2. The molecule has 0 spiro atoms. The second-order valence-corrected chi connectivity index (χ2v) is 12.2. The number of nitrogens with one attached hydrogen (secondary N) is 2. The van der Waals surface area contributed by atoms with E-state index in [1.54, 1.807) is 48.5 Å². The Hall–Kier alpha value is -4.95. The molecule has 0 aromatic heterocycles. The smallest absolute Gasteiger partial charge is 0.296 e. The number of hydrogen-bond donors (Lipinski definition) is 4. The number of amides is 1. The third-order valence-corrected chi connectivity index (χ3v) is 8.53. The van der Waals surface area contributed by atoms with E-state index in [9.17, 15) is 40.3 Å². The minimum atomic E-state index is -5.05. The van der Waals surface area contributed by atoms with E-state index in [1.165, 1.54) is 18.2 Å². The van der Waals surface area contributed by atoms with Gasteiger partial charge < -0.3 is 10.6 Å². The van der Waals surface area contributed by atoms with Crippen LogP contribution in [0.1, 0.15) is 26.3 Å². The molecule has 0 atom stereocenters. The quantitative estimate of drug-likeness (QED) is 0.126. The molecule has 0 unspecified atom stereocenters. The maximum absolute atomic E-state index is 14.0. The van der Waals surface area contributed by atoms with Gasteiger partial charge in [0.15, 0.2) is 11.6 Å². The van der Waals surface area contributed by atoms with Crippen LogP contribution < -0.4 is 10.6 Å². The van der Waals surface area contributed by atoms with Gasteiger partial charge in [0.25, 0.3) is 26.1 Å². The molecule has 1 aliphatic carbocycles. The van der Waals surface area contributed by atoms with E-state index >= 15 is 0 Å². The van der Waals surface area contributed by atoms with Crippen molar-refractivity contribution in [3.63, 3.8) is 0 Å². The van der Waals surface area contributed by atoms with E-state index in [-0.39, 0.29) is 51.3 Å². The average Bonchev–Trinajstić information content (AvgIpc) is 2.96. The lowest BCUT2D eigenvalue weighted by atomic mass is 9.75. The number of carbonyl (C=O) groups excluding carboxylic acids is 3. The molecule has 2 aliphatic rings. The molecule has 4 N–H and O–H groups in total. The summed E-state index contributed by atoms with van der Waals surface area (Å²) >= 11 is 0. The van der Waals surface area contributed by atoms with Crippen LogP contribution in [-0.2, 0) is 25.0 Å². The minimum Gasteiger partial charge on any atom is -0.354 e. The molecule has 0 saturated carbocycles. The van der Waals surface area contributed by atoms with Crippen molar-refractivity contribution in [2.75, 3.05) is 11.9 Å². The van der Waals surface area contributed by atoms with Crippen LogP contribution in [0.2, 0.25) is 0 Å². The van der Waals surface area contributed by atoms with Gasteiger partial charge in [-0.15, -0.1) is 0 Å². The SMILES string of the molecule is C=C/C=C(/Nc1ccc(S(=O)(=O)O)cc1S(=O)(=O)O)C1=C2CNC(=O)C(C(=O)c3ccccc3)=C2c2ccccc2C1=O. The summed E-state index contributed by atoms with van der Waals surface area (Å²) in [6.45, 7) is 3.49. The fourth-order valence-corrected chi connectivity index (χ4v) is 6.21. The number of fused-ring (bicyclic) bond motifs is 3. The van der Waals surface area contributed by atoms with Crippen LogP contribution in [0.15, 0.2) is 124 Å². The van der Waals surface area contributed by atoms with Crippen LogP contribution in [0.25, 0.3) is 5.57 Å². The molecule has 1 heterocycles. The van der Waals surface area contributed by atoms with E-state index in [4.69, 9.17) is 0 Å². The van der Waals surface area contributed by atoms with Crippen LogP contribution in [0, 0.1) is 0 Å². The first-order chi connectivity index (χ1) is 20.3. The van der Waals surface area contributed by atoms with Crippen LogP contribution in [0.3, 0.4) is 0 Å². The second-order valence-electron chi connectivity index (χ2n) is 9.41. The topological polar surface area (TPSA) is 184 Å². The van der Waals surface area contributed by atoms with Gasteiger partial charge in [0.05, 0.1) is 27.4 Å². The van der Waals surface area contributed by atoms with Crippen molar-refractivity contribution in [2.24, 2.45) is 0 Å². The van der Waals surface area contributed by atoms with Crippen LogP contribution in [0.4, 0.5) is 5.69 Å². The molecule has 218 valence electrons. The van der Waals surface area contributed by atoms with Gasteiger partial charge >= 0.3 is 0 Å². The Balaban J connectivity index is 1.77. The molecule has 0 saturated heterocycles. The van der Waals surface area contributed by atoms with E-state index in [2.05, 4.69) is 17.2 Å². The molecule has 11 nitrogen and oxygen atoms in total. The van der Waals surface area contributed by atoms with Crippen molar-refractivity contribution in [1.82, 2.24) is 5.32 Å². The van der Waals surface area contributed by atoms with E-state index in [1.807, 2.05) is 0 Å². The third kappa shape index (κ3) is 5.49. The zero-order valence-electron chi connectivity index (χ0n) is 22.1. The Morgan fingerprint density at radius 2 is 1.51 bits per heavy atom. The number of ketones is 2. The standard InChI is InChI=1S/C30H22N2O9S2/c1-2-8-23(32-22-14-13-18(42(36,37)38)15-24(22)43(39,40)41)26-21-16-31-30(35)27(28(33)17-9-4-3-5-10-17)25(21)19-11-6-7-12-20(19)29(26)34/h2-15,32H,1,16H2,(H,31,35)(H,36,37,38)(H,39,40,41)/b23-8+. The van der Waals surface area contributed by atoms with Gasteiger partial charge in [-0.1, -0.05) is 67.3 Å². The molecule has 5 rings (SSSR count). The second kappa shape index (κ2) is 11.0. The Labute approximate surface area is 246 Å². The summed E-state index contributed by atoms with van der Waals surface area (Å²) in [7, 11) is -9.89. The van der Waals surface area contributed by atoms with Crippen molar-refractivity contribution >= 4 is 49.0 Å². The van der Waals surface area contributed by atoms with E-state index < -0.39 is 47.5 Å². The summed E-state index contributed by atoms with van der Waals surface area (Å²) in [5.41, 5.74) is 0.637. The summed E-state index contributed by atoms with van der Waals surface area (Å²) < 4.78 is 67.0. The van der Waals surface area contributed by atoms with E-state index in [0.717, 1.165) is 12.1 Å². The number of Topliss-reactive ketones (excluding diaryl/α,β-unsaturated/α-hetero) is 2. The molecule has 0 fully saturated rings. The molecule has 1 aliphatic heterocycles. The lowest BCUT2D eigenvalue weighted by Crippen LogP contribution is -2.39. The highest BCUT2D eigenvalue weighted by Crippen LogP contribution is 2.42. The molecule has 43 heavy (non-hydrogen) atoms. The maximum Gasteiger partial charge on any atom is 0.296 e. The number of hydrogen-bond acceptors (Lipinski definition) is 8. The van der Waals surface area contributed by atoms with Crippen molar-refractivity contribution < 1.29 is 40.3 Å². The molecule has 13 heteroatoms.